The van der Waals surface area contributed by atoms with E-state index in [4.69, 9.17) is 5.11 Å². The molecule has 0 aromatic heterocycles. The maximum atomic E-state index is 11.6. The van der Waals surface area contributed by atoms with Crippen LogP contribution in [0.4, 0.5) is 5.69 Å². The van der Waals surface area contributed by atoms with Gasteiger partial charge in [0.2, 0.25) is 5.91 Å². The lowest BCUT2D eigenvalue weighted by atomic mass is 10.1. The summed E-state index contributed by atoms with van der Waals surface area (Å²) in [7, 11) is 0. The number of rotatable bonds is 3. The van der Waals surface area contributed by atoms with Gasteiger partial charge in [-0.25, -0.2) is 4.79 Å². The Balaban J connectivity index is 2.19. The van der Waals surface area contributed by atoms with Crippen LogP contribution >= 0.6 is 0 Å². The quantitative estimate of drug-likeness (QED) is 0.675. The van der Waals surface area contributed by atoms with Crippen LogP contribution in [-0.4, -0.2) is 17.0 Å². The Hall–Kier alpha value is -3.32. The van der Waals surface area contributed by atoms with Crippen LogP contribution in [0.3, 0.4) is 0 Å². The van der Waals surface area contributed by atoms with Crippen molar-refractivity contribution < 1.29 is 14.7 Å². The van der Waals surface area contributed by atoms with Gasteiger partial charge in [-0.15, -0.1) is 0 Å². The van der Waals surface area contributed by atoms with Crippen molar-refractivity contribution in [2.45, 2.75) is 0 Å². The zero-order valence-electron chi connectivity index (χ0n) is 11.6. The second-order valence-electron chi connectivity index (χ2n) is 4.32. The first-order chi connectivity index (χ1) is 10.6. The van der Waals surface area contributed by atoms with Crippen LogP contribution in [0.1, 0.15) is 11.1 Å². The zero-order valence-corrected chi connectivity index (χ0v) is 11.6. The van der Waals surface area contributed by atoms with Crippen molar-refractivity contribution in [3.8, 4) is 11.8 Å². The average Bonchev–Trinajstić information content (AvgIpc) is 2.53. The summed E-state index contributed by atoms with van der Waals surface area (Å²) >= 11 is 0. The van der Waals surface area contributed by atoms with E-state index in [-0.39, 0.29) is 0 Å². The monoisotopic (exact) mass is 291 g/mol. The minimum absolute atomic E-state index is 0.517. The molecule has 1 amide bonds. The van der Waals surface area contributed by atoms with Crippen LogP contribution in [0.25, 0.3) is 0 Å². The van der Waals surface area contributed by atoms with Gasteiger partial charge in [0, 0.05) is 23.3 Å². The van der Waals surface area contributed by atoms with Gasteiger partial charge in [-0.3, -0.25) is 4.79 Å². The van der Waals surface area contributed by atoms with Gasteiger partial charge in [0.05, 0.1) is 5.69 Å². The second kappa shape index (κ2) is 7.46. The number of anilines is 1. The molecule has 0 aliphatic carbocycles. The summed E-state index contributed by atoms with van der Waals surface area (Å²) in [6.07, 6.45) is 1.75. The molecule has 4 nitrogen and oxygen atoms in total. The normalized spacial score (nSPS) is 9.82. The maximum absolute atomic E-state index is 11.6. The summed E-state index contributed by atoms with van der Waals surface area (Å²) in [6, 6.07) is 16.6. The number of carbonyl (C=O) groups is 2. The number of carboxylic acid groups (broad SMARTS) is 1. The zero-order chi connectivity index (χ0) is 15.8. The predicted molar refractivity (Wildman–Crippen MR) is 84.3 cm³/mol. The van der Waals surface area contributed by atoms with E-state index in [0.717, 1.165) is 17.7 Å². The molecule has 2 N–H and O–H groups in total. The van der Waals surface area contributed by atoms with E-state index >= 15 is 0 Å². The summed E-state index contributed by atoms with van der Waals surface area (Å²) in [5.74, 6) is 4.31. The molecule has 0 spiro atoms. The van der Waals surface area contributed by atoms with Crippen LogP contribution in [0.5, 0.6) is 0 Å². The van der Waals surface area contributed by atoms with Crippen LogP contribution in [0.2, 0.25) is 0 Å². The Bertz CT molecular complexity index is 768. The van der Waals surface area contributed by atoms with Crippen molar-refractivity contribution in [1.29, 1.82) is 0 Å². The third-order valence-electron chi connectivity index (χ3n) is 2.68. The highest BCUT2D eigenvalue weighted by atomic mass is 16.4. The summed E-state index contributed by atoms with van der Waals surface area (Å²) < 4.78 is 0. The van der Waals surface area contributed by atoms with Gasteiger partial charge in [-0.2, -0.15) is 0 Å². The largest absolute Gasteiger partial charge is 0.478 e. The summed E-state index contributed by atoms with van der Waals surface area (Å²) in [6.45, 7) is 0. The first-order valence-corrected chi connectivity index (χ1v) is 6.53. The van der Waals surface area contributed by atoms with E-state index in [1.54, 1.807) is 18.2 Å². The lowest BCUT2D eigenvalue weighted by molar-refractivity contribution is -0.131. The molecule has 22 heavy (non-hydrogen) atoms. The fourth-order valence-corrected chi connectivity index (χ4v) is 1.68. The van der Waals surface area contributed by atoms with Gasteiger partial charge in [0.1, 0.15) is 0 Å². The molecule has 0 radical (unpaired) electrons. The van der Waals surface area contributed by atoms with Gasteiger partial charge in [-0.1, -0.05) is 42.2 Å². The topological polar surface area (TPSA) is 66.4 Å². The Morgan fingerprint density at radius 3 is 2.32 bits per heavy atom. The smallest absolute Gasteiger partial charge is 0.328 e. The molecule has 0 saturated heterocycles. The predicted octanol–water partition coefficient (Wildman–Crippen LogP) is 2.67. The Morgan fingerprint density at radius 1 is 0.909 bits per heavy atom. The number of para-hydroxylation sites is 1. The van der Waals surface area contributed by atoms with Gasteiger partial charge >= 0.3 is 5.97 Å². The van der Waals surface area contributed by atoms with Gasteiger partial charge < -0.3 is 10.4 Å². The van der Waals surface area contributed by atoms with Gasteiger partial charge in [0.15, 0.2) is 0 Å². The first kappa shape index (κ1) is 15.1. The second-order valence-corrected chi connectivity index (χ2v) is 4.32. The lowest BCUT2D eigenvalue weighted by Crippen LogP contribution is -2.09. The number of aliphatic carboxylic acids is 1. The number of carbonyl (C=O) groups excluding carboxylic acids is 1. The lowest BCUT2D eigenvalue weighted by Gasteiger charge is -2.04. The standard InChI is InChI=1S/C18H13NO3/c20-17(12-13-18(21)22)19-16-9-5-4-8-15(16)11-10-14-6-2-1-3-7-14/h1-9,12-13H,(H,19,20)(H,21,22)/b13-12+. The molecule has 0 bridgehead atoms. The molecule has 108 valence electrons. The van der Waals surface area contributed by atoms with Gasteiger partial charge in [-0.05, 0) is 24.3 Å². The highest BCUT2D eigenvalue weighted by Crippen LogP contribution is 2.14. The minimum Gasteiger partial charge on any atom is -0.478 e. The van der Waals surface area contributed by atoms with Crippen molar-refractivity contribution in [1.82, 2.24) is 0 Å². The van der Waals surface area contributed by atoms with Crippen molar-refractivity contribution in [2.24, 2.45) is 0 Å². The molecule has 0 atom stereocenters. The van der Waals surface area contributed by atoms with E-state index in [0.29, 0.717) is 11.3 Å². The Labute approximate surface area is 128 Å². The Kier molecular flexibility index (Phi) is 5.11. The first-order valence-electron chi connectivity index (χ1n) is 6.53. The van der Waals surface area contributed by atoms with E-state index in [1.165, 1.54) is 0 Å². The Morgan fingerprint density at radius 2 is 1.59 bits per heavy atom. The van der Waals surface area contributed by atoms with Crippen LogP contribution in [0, 0.1) is 11.8 Å². The number of nitrogens with one attached hydrogen (secondary N) is 1. The molecular formula is C18H13NO3. The molecule has 0 fully saturated rings. The fraction of sp³-hybridized carbons (Fsp3) is 0. The fourth-order valence-electron chi connectivity index (χ4n) is 1.68. The highest BCUT2D eigenvalue weighted by Gasteiger charge is 2.02. The van der Waals surface area contributed by atoms with Gasteiger partial charge in [0.25, 0.3) is 0 Å². The molecule has 4 heteroatoms. The molecule has 2 aromatic rings. The third-order valence-corrected chi connectivity index (χ3v) is 2.68. The SMILES string of the molecule is O=C(O)/C=C/C(=O)Nc1ccccc1C#Cc1ccccc1. The molecule has 0 heterocycles. The van der Waals surface area contributed by atoms with E-state index in [1.807, 2.05) is 36.4 Å². The number of benzene rings is 2. The molecule has 2 aromatic carbocycles. The van der Waals surface area contributed by atoms with E-state index < -0.39 is 11.9 Å². The molecule has 0 unspecified atom stereocenters. The van der Waals surface area contributed by atoms with Crippen molar-refractivity contribution in [3.05, 3.63) is 77.9 Å². The minimum atomic E-state index is -1.17. The van der Waals surface area contributed by atoms with E-state index in [9.17, 15) is 9.59 Å². The van der Waals surface area contributed by atoms with Crippen LogP contribution in [-0.2, 0) is 9.59 Å². The van der Waals surface area contributed by atoms with E-state index in [2.05, 4.69) is 17.2 Å². The molecule has 0 aliphatic heterocycles. The number of hydrogen-bond acceptors (Lipinski definition) is 2. The summed E-state index contributed by atoms with van der Waals surface area (Å²) in [5, 5.41) is 11.1. The third kappa shape index (κ3) is 4.66. The van der Waals surface area contributed by atoms with Crippen LogP contribution < -0.4 is 5.32 Å². The van der Waals surface area contributed by atoms with Crippen molar-refractivity contribution in [3.63, 3.8) is 0 Å². The maximum Gasteiger partial charge on any atom is 0.328 e. The average molecular weight is 291 g/mol. The number of amides is 1. The van der Waals surface area contributed by atoms with Crippen molar-refractivity contribution in [2.75, 3.05) is 5.32 Å². The molecular weight excluding hydrogens is 278 g/mol. The number of carboxylic acids is 1. The summed E-state index contributed by atoms with van der Waals surface area (Å²) in [4.78, 5) is 22.0. The molecule has 0 saturated carbocycles. The highest BCUT2D eigenvalue weighted by molar-refractivity contribution is 6.02. The van der Waals surface area contributed by atoms with Crippen molar-refractivity contribution >= 4 is 17.6 Å². The summed E-state index contributed by atoms with van der Waals surface area (Å²) in [5.41, 5.74) is 2.06. The molecule has 2 rings (SSSR count). The number of hydrogen-bond donors (Lipinski definition) is 2. The molecule has 0 aliphatic rings. The van der Waals surface area contributed by atoms with Crippen LogP contribution in [0.15, 0.2) is 66.7 Å².